The summed E-state index contributed by atoms with van der Waals surface area (Å²) >= 11 is 7.50. The van der Waals surface area contributed by atoms with Crippen LogP contribution in [0.15, 0.2) is 53.9 Å². The molecule has 24 heavy (non-hydrogen) atoms. The zero-order chi connectivity index (χ0) is 16.5. The molecule has 0 saturated carbocycles. The first-order valence-corrected chi connectivity index (χ1v) is 8.79. The van der Waals surface area contributed by atoms with Gasteiger partial charge in [-0.15, -0.1) is 0 Å². The number of carbonyl (C=O) groups is 1. The van der Waals surface area contributed by atoms with Gasteiger partial charge in [0.1, 0.15) is 5.15 Å². The summed E-state index contributed by atoms with van der Waals surface area (Å²) in [5, 5.41) is 4.27. The van der Waals surface area contributed by atoms with Crippen LogP contribution in [0.3, 0.4) is 0 Å². The van der Waals surface area contributed by atoms with Gasteiger partial charge in [-0.2, -0.15) is 0 Å². The molecule has 1 N–H and O–H groups in total. The zero-order valence-corrected chi connectivity index (χ0v) is 14.1. The number of amides is 1. The first-order chi connectivity index (χ1) is 11.7. The number of pyridine rings is 1. The Kier molecular flexibility index (Phi) is 4.00. The second-order valence-electron chi connectivity index (χ2n) is 5.35. The van der Waals surface area contributed by atoms with E-state index in [2.05, 4.69) is 26.0 Å². The lowest BCUT2D eigenvalue weighted by Gasteiger charge is -2.06. The normalized spacial score (nSPS) is 12.9. The van der Waals surface area contributed by atoms with Crippen molar-refractivity contribution in [3.05, 3.63) is 59.5 Å². The first-order valence-electron chi connectivity index (χ1n) is 7.42. The molecule has 0 radical (unpaired) electrons. The fraction of sp³-hybridized carbons (Fsp3) is 0.118. The monoisotopic (exact) mass is 356 g/mol. The van der Waals surface area contributed by atoms with Gasteiger partial charge >= 0.3 is 0 Å². The highest BCUT2D eigenvalue weighted by atomic mass is 35.5. The minimum absolute atomic E-state index is 0.218. The number of aryl methyl sites for hydroxylation is 1. The standard InChI is InChI=1S/C17H13ClN4OS/c18-15-6-3-12(9-19-15)16(23)20-13-4-1-11(2-5-13)14-10-22-7-8-24-17(22)21-14/h1-6,9-10H,7-8H2,(H,20,23). The largest absolute Gasteiger partial charge is 0.325 e. The smallest absolute Gasteiger partial charge is 0.257 e. The molecular weight excluding hydrogens is 344 g/mol. The molecule has 0 unspecified atom stereocenters. The highest BCUT2D eigenvalue weighted by Gasteiger charge is 2.15. The summed E-state index contributed by atoms with van der Waals surface area (Å²) in [4.78, 5) is 20.7. The van der Waals surface area contributed by atoms with Crippen molar-refractivity contribution >= 4 is 35.0 Å². The van der Waals surface area contributed by atoms with E-state index in [0.29, 0.717) is 10.7 Å². The molecule has 2 aromatic heterocycles. The van der Waals surface area contributed by atoms with Crippen LogP contribution in [-0.4, -0.2) is 26.2 Å². The van der Waals surface area contributed by atoms with Crippen molar-refractivity contribution in [1.29, 1.82) is 0 Å². The van der Waals surface area contributed by atoms with Gasteiger partial charge in [-0.25, -0.2) is 9.97 Å². The second-order valence-corrected chi connectivity index (χ2v) is 6.80. The Bertz CT molecular complexity index is 868. The molecule has 120 valence electrons. The van der Waals surface area contributed by atoms with Gasteiger partial charge in [0.25, 0.3) is 5.91 Å². The van der Waals surface area contributed by atoms with Crippen LogP contribution < -0.4 is 5.32 Å². The number of thioether (sulfide) groups is 1. The van der Waals surface area contributed by atoms with Crippen LogP contribution in [-0.2, 0) is 6.54 Å². The fourth-order valence-corrected chi connectivity index (χ4v) is 3.54. The number of anilines is 1. The Morgan fingerprint density at radius 3 is 2.75 bits per heavy atom. The predicted octanol–water partition coefficient (Wildman–Crippen LogP) is 3.96. The third-order valence-corrected chi connectivity index (χ3v) is 4.93. The molecule has 3 aromatic rings. The zero-order valence-electron chi connectivity index (χ0n) is 12.6. The van der Waals surface area contributed by atoms with Gasteiger partial charge in [0.05, 0.1) is 11.3 Å². The average Bonchev–Trinajstić information content (AvgIpc) is 3.18. The Hall–Kier alpha value is -2.31. The molecule has 1 aliphatic heterocycles. The number of aromatic nitrogens is 3. The minimum Gasteiger partial charge on any atom is -0.325 e. The van der Waals surface area contributed by atoms with Gasteiger partial charge in [-0.1, -0.05) is 35.5 Å². The van der Waals surface area contributed by atoms with E-state index in [-0.39, 0.29) is 5.91 Å². The van der Waals surface area contributed by atoms with E-state index in [1.165, 1.54) is 6.20 Å². The number of benzene rings is 1. The van der Waals surface area contributed by atoms with Crippen molar-refractivity contribution in [2.75, 3.05) is 11.1 Å². The minimum atomic E-state index is -0.218. The molecule has 3 heterocycles. The van der Waals surface area contributed by atoms with Crippen molar-refractivity contribution in [3.8, 4) is 11.3 Å². The molecule has 1 aliphatic rings. The Balaban J connectivity index is 1.49. The first kappa shape index (κ1) is 15.2. The van der Waals surface area contributed by atoms with Crippen LogP contribution in [0.2, 0.25) is 5.15 Å². The predicted molar refractivity (Wildman–Crippen MR) is 95.6 cm³/mol. The van der Waals surface area contributed by atoms with Crippen molar-refractivity contribution in [3.63, 3.8) is 0 Å². The van der Waals surface area contributed by atoms with Gasteiger partial charge in [0, 0.05) is 35.9 Å². The molecule has 0 saturated heterocycles. The van der Waals surface area contributed by atoms with Crippen LogP contribution in [0.1, 0.15) is 10.4 Å². The van der Waals surface area contributed by atoms with Crippen LogP contribution in [0.25, 0.3) is 11.3 Å². The van der Waals surface area contributed by atoms with E-state index in [0.717, 1.165) is 34.4 Å². The fourth-order valence-electron chi connectivity index (χ4n) is 2.49. The Labute approximate surface area is 148 Å². The maximum atomic E-state index is 12.2. The highest BCUT2D eigenvalue weighted by molar-refractivity contribution is 7.99. The van der Waals surface area contributed by atoms with Crippen molar-refractivity contribution in [2.45, 2.75) is 11.7 Å². The molecular formula is C17H13ClN4OS. The van der Waals surface area contributed by atoms with Crippen molar-refractivity contribution in [1.82, 2.24) is 14.5 Å². The van der Waals surface area contributed by atoms with Gasteiger partial charge in [-0.05, 0) is 24.3 Å². The number of hydrogen-bond donors (Lipinski definition) is 1. The van der Waals surface area contributed by atoms with Gasteiger partial charge in [0.15, 0.2) is 5.16 Å². The summed E-state index contributed by atoms with van der Waals surface area (Å²) in [7, 11) is 0. The summed E-state index contributed by atoms with van der Waals surface area (Å²) in [5.74, 6) is 0.872. The molecule has 7 heteroatoms. The van der Waals surface area contributed by atoms with Gasteiger partial charge in [-0.3, -0.25) is 4.79 Å². The van der Waals surface area contributed by atoms with Crippen LogP contribution in [0.5, 0.6) is 0 Å². The molecule has 1 amide bonds. The van der Waals surface area contributed by atoms with Crippen LogP contribution >= 0.6 is 23.4 Å². The lowest BCUT2D eigenvalue weighted by molar-refractivity contribution is 0.102. The lowest BCUT2D eigenvalue weighted by Crippen LogP contribution is -2.11. The van der Waals surface area contributed by atoms with Crippen LogP contribution in [0, 0.1) is 0 Å². The Morgan fingerprint density at radius 2 is 2.04 bits per heavy atom. The van der Waals surface area contributed by atoms with Crippen molar-refractivity contribution < 1.29 is 4.79 Å². The third kappa shape index (κ3) is 3.02. The number of halogens is 1. The summed E-state index contributed by atoms with van der Waals surface area (Å²) in [5.41, 5.74) is 3.17. The topological polar surface area (TPSA) is 59.8 Å². The molecule has 5 nitrogen and oxygen atoms in total. The summed E-state index contributed by atoms with van der Waals surface area (Å²) in [6.07, 6.45) is 3.53. The van der Waals surface area contributed by atoms with E-state index in [1.54, 1.807) is 23.9 Å². The molecule has 0 bridgehead atoms. The lowest BCUT2D eigenvalue weighted by atomic mass is 10.1. The summed E-state index contributed by atoms with van der Waals surface area (Å²) in [6, 6.07) is 10.9. The molecule has 0 aliphatic carbocycles. The number of nitrogens with zero attached hydrogens (tertiary/aromatic N) is 3. The number of carbonyl (C=O) groups excluding carboxylic acids is 1. The third-order valence-electron chi connectivity index (χ3n) is 3.73. The van der Waals surface area contributed by atoms with Crippen molar-refractivity contribution in [2.24, 2.45) is 0 Å². The maximum absolute atomic E-state index is 12.2. The van der Waals surface area contributed by atoms with E-state index >= 15 is 0 Å². The maximum Gasteiger partial charge on any atom is 0.257 e. The SMILES string of the molecule is O=C(Nc1ccc(-c2cn3c(n2)SCC3)cc1)c1ccc(Cl)nc1. The number of imidazole rings is 1. The summed E-state index contributed by atoms with van der Waals surface area (Å²) in [6.45, 7) is 1.01. The van der Waals surface area contributed by atoms with Gasteiger partial charge < -0.3 is 9.88 Å². The average molecular weight is 357 g/mol. The highest BCUT2D eigenvalue weighted by Crippen LogP contribution is 2.29. The Morgan fingerprint density at radius 1 is 1.21 bits per heavy atom. The molecule has 0 fully saturated rings. The quantitative estimate of drug-likeness (QED) is 0.722. The van der Waals surface area contributed by atoms with E-state index in [9.17, 15) is 4.79 Å². The number of rotatable bonds is 3. The number of hydrogen-bond acceptors (Lipinski definition) is 4. The van der Waals surface area contributed by atoms with E-state index in [4.69, 9.17) is 11.6 Å². The molecule has 4 rings (SSSR count). The second kappa shape index (κ2) is 6.30. The van der Waals surface area contributed by atoms with E-state index < -0.39 is 0 Å². The molecule has 0 spiro atoms. The number of nitrogens with one attached hydrogen (secondary N) is 1. The molecule has 1 aromatic carbocycles. The molecule has 0 atom stereocenters. The van der Waals surface area contributed by atoms with Gasteiger partial charge in [0.2, 0.25) is 0 Å². The van der Waals surface area contributed by atoms with Crippen LogP contribution in [0.4, 0.5) is 5.69 Å². The summed E-state index contributed by atoms with van der Waals surface area (Å²) < 4.78 is 2.17. The number of fused-ring (bicyclic) bond motifs is 1. The van der Waals surface area contributed by atoms with E-state index in [1.807, 2.05) is 24.3 Å².